The number of hydrogen-bond acceptors (Lipinski definition) is 3. The number of anilines is 1. The molecule has 0 spiro atoms. The first-order chi connectivity index (χ1) is 8.70. The highest BCUT2D eigenvalue weighted by Crippen LogP contribution is 2.23. The van der Waals surface area contributed by atoms with Gasteiger partial charge in [0.25, 0.3) is 0 Å². The molecule has 19 heavy (non-hydrogen) atoms. The molecule has 0 unspecified atom stereocenters. The molecule has 1 aromatic heterocycles. The molecule has 1 rings (SSSR count). The Morgan fingerprint density at radius 3 is 2.53 bits per heavy atom. The summed E-state index contributed by atoms with van der Waals surface area (Å²) in [5.74, 6) is 1.24. The van der Waals surface area contributed by atoms with Gasteiger partial charge in [-0.1, -0.05) is 34.6 Å². The first kappa shape index (κ1) is 15.7. The maximum Gasteiger partial charge on any atom is 0.239 e. The van der Waals surface area contributed by atoms with E-state index in [0.29, 0.717) is 12.5 Å². The van der Waals surface area contributed by atoms with Crippen LogP contribution in [0, 0.1) is 5.92 Å². The fourth-order valence-electron chi connectivity index (χ4n) is 1.61. The Morgan fingerprint density at radius 1 is 1.42 bits per heavy atom. The summed E-state index contributed by atoms with van der Waals surface area (Å²) in [6, 6.07) is 1.93. The molecule has 0 atom stereocenters. The molecule has 0 radical (unpaired) electrons. The normalized spacial score (nSPS) is 11.9. The second kappa shape index (κ2) is 6.19. The minimum absolute atomic E-state index is 0.0172. The second-order valence-electron chi connectivity index (χ2n) is 6.36. The Balaban J connectivity index is 2.57. The molecular formula is C14H26N4O. The maximum absolute atomic E-state index is 11.8. The largest absolute Gasteiger partial charge is 0.310 e. The summed E-state index contributed by atoms with van der Waals surface area (Å²) in [5.41, 5.74) is 0.955. The van der Waals surface area contributed by atoms with Gasteiger partial charge in [0.2, 0.25) is 5.91 Å². The van der Waals surface area contributed by atoms with Gasteiger partial charge in [0.1, 0.15) is 5.82 Å². The van der Waals surface area contributed by atoms with Gasteiger partial charge in [0, 0.05) is 18.5 Å². The van der Waals surface area contributed by atoms with Crippen LogP contribution in [0.25, 0.3) is 0 Å². The summed E-state index contributed by atoms with van der Waals surface area (Å²) in [5, 5.41) is 10.4. The zero-order valence-electron chi connectivity index (χ0n) is 12.9. The maximum atomic E-state index is 11.8. The van der Waals surface area contributed by atoms with Gasteiger partial charge in [-0.15, -0.1) is 0 Å². The van der Waals surface area contributed by atoms with Gasteiger partial charge in [-0.3, -0.25) is 9.48 Å². The number of nitrogens with zero attached hydrogens (tertiary/aromatic N) is 2. The Morgan fingerprint density at radius 2 is 2.05 bits per heavy atom. The Labute approximate surface area is 115 Å². The van der Waals surface area contributed by atoms with Gasteiger partial charge >= 0.3 is 0 Å². The SMILES string of the molecule is CC(C)CNCC(=O)Nc1cc(C(C)(C)C)nn1C. The van der Waals surface area contributed by atoms with Gasteiger partial charge < -0.3 is 10.6 Å². The third-order valence-electron chi connectivity index (χ3n) is 2.75. The van der Waals surface area contributed by atoms with Crippen LogP contribution in [-0.4, -0.2) is 28.8 Å². The first-order valence-electron chi connectivity index (χ1n) is 6.75. The molecule has 0 aliphatic heterocycles. The highest BCUT2D eigenvalue weighted by Gasteiger charge is 2.19. The summed E-state index contributed by atoms with van der Waals surface area (Å²) in [4.78, 5) is 11.8. The zero-order chi connectivity index (χ0) is 14.6. The molecule has 0 aliphatic rings. The smallest absolute Gasteiger partial charge is 0.239 e. The molecule has 0 aromatic carbocycles. The van der Waals surface area contributed by atoms with Crippen molar-refractivity contribution in [3.05, 3.63) is 11.8 Å². The van der Waals surface area contributed by atoms with E-state index in [4.69, 9.17) is 0 Å². The molecule has 108 valence electrons. The van der Waals surface area contributed by atoms with Crippen molar-refractivity contribution in [2.24, 2.45) is 13.0 Å². The highest BCUT2D eigenvalue weighted by atomic mass is 16.2. The van der Waals surface area contributed by atoms with E-state index in [9.17, 15) is 4.79 Å². The number of amides is 1. The van der Waals surface area contributed by atoms with Crippen LogP contribution < -0.4 is 10.6 Å². The van der Waals surface area contributed by atoms with Crippen LogP contribution in [0.4, 0.5) is 5.82 Å². The Hall–Kier alpha value is -1.36. The van der Waals surface area contributed by atoms with E-state index in [1.54, 1.807) is 4.68 Å². The molecule has 1 amide bonds. The number of rotatable bonds is 5. The molecule has 1 heterocycles. The number of nitrogens with one attached hydrogen (secondary N) is 2. The molecular weight excluding hydrogens is 240 g/mol. The van der Waals surface area contributed by atoms with E-state index in [2.05, 4.69) is 50.4 Å². The summed E-state index contributed by atoms with van der Waals surface area (Å²) in [6.07, 6.45) is 0. The van der Waals surface area contributed by atoms with E-state index < -0.39 is 0 Å². The molecule has 1 aromatic rings. The molecule has 5 nitrogen and oxygen atoms in total. The summed E-state index contributed by atoms with van der Waals surface area (Å²) >= 11 is 0. The lowest BCUT2D eigenvalue weighted by atomic mass is 9.92. The van der Waals surface area contributed by atoms with Crippen molar-refractivity contribution in [1.82, 2.24) is 15.1 Å². The number of carbonyl (C=O) groups is 1. The van der Waals surface area contributed by atoms with Crippen LogP contribution in [0.3, 0.4) is 0 Å². The van der Waals surface area contributed by atoms with E-state index >= 15 is 0 Å². The van der Waals surface area contributed by atoms with E-state index in [-0.39, 0.29) is 11.3 Å². The summed E-state index contributed by atoms with van der Waals surface area (Å²) in [6.45, 7) is 11.7. The fourth-order valence-corrected chi connectivity index (χ4v) is 1.61. The third kappa shape index (κ3) is 5.03. The van der Waals surface area contributed by atoms with Crippen LogP contribution in [-0.2, 0) is 17.3 Å². The predicted molar refractivity (Wildman–Crippen MR) is 78.2 cm³/mol. The van der Waals surface area contributed by atoms with Crippen molar-refractivity contribution in [1.29, 1.82) is 0 Å². The molecule has 2 N–H and O–H groups in total. The molecule has 0 fully saturated rings. The van der Waals surface area contributed by atoms with Crippen molar-refractivity contribution in [2.45, 2.75) is 40.0 Å². The third-order valence-corrected chi connectivity index (χ3v) is 2.75. The fraction of sp³-hybridized carbons (Fsp3) is 0.714. The molecule has 0 aliphatic carbocycles. The second-order valence-corrected chi connectivity index (χ2v) is 6.36. The molecule has 0 saturated carbocycles. The van der Waals surface area contributed by atoms with Gasteiger partial charge in [-0.05, 0) is 12.5 Å². The van der Waals surface area contributed by atoms with Gasteiger partial charge in [0.05, 0.1) is 12.2 Å². The Kier molecular flexibility index (Phi) is 5.11. The molecule has 0 saturated heterocycles. The number of aromatic nitrogens is 2. The van der Waals surface area contributed by atoms with Crippen LogP contribution in [0.15, 0.2) is 6.07 Å². The van der Waals surface area contributed by atoms with Crippen molar-refractivity contribution < 1.29 is 4.79 Å². The minimum atomic E-state index is -0.0379. The quantitative estimate of drug-likeness (QED) is 0.856. The molecule has 0 bridgehead atoms. The topological polar surface area (TPSA) is 59.0 Å². The van der Waals surface area contributed by atoms with E-state index in [0.717, 1.165) is 18.1 Å². The lowest BCUT2D eigenvalue weighted by Gasteiger charge is -2.13. The van der Waals surface area contributed by atoms with Crippen molar-refractivity contribution in [3.63, 3.8) is 0 Å². The van der Waals surface area contributed by atoms with Crippen molar-refractivity contribution >= 4 is 11.7 Å². The number of hydrogen-bond donors (Lipinski definition) is 2. The van der Waals surface area contributed by atoms with Gasteiger partial charge in [-0.25, -0.2) is 0 Å². The predicted octanol–water partition coefficient (Wildman–Crippen LogP) is 1.90. The lowest BCUT2D eigenvalue weighted by molar-refractivity contribution is -0.115. The minimum Gasteiger partial charge on any atom is -0.310 e. The average Bonchev–Trinajstić information content (AvgIpc) is 2.59. The van der Waals surface area contributed by atoms with Gasteiger partial charge in [0.15, 0.2) is 0 Å². The zero-order valence-corrected chi connectivity index (χ0v) is 12.9. The van der Waals surface area contributed by atoms with Crippen LogP contribution in [0.1, 0.15) is 40.3 Å². The lowest BCUT2D eigenvalue weighted by Crippen LogP contribution is -2.31. The van der Waals surface area contributed by atoms with Gasteiger partial charge in [-0.2, -0.15) is 5.10 Å². The number of aryl methyl sites for hydroxylation is 1. The summed E-state index contributed by atoms with van der Waals surface area (Å²) < 4.78 is 1.71. The number of carbonyl (C=O) groups excluding carboxylic acids is 1. The summed E-state index contributed by atoms with van der Waals surface area (Å²) in [7, 11) is 1.84. The highest BCUT2D eigenvalue weighted by molar-refractivity contribution is 5.91. The van der Waals surface area contributed by atoms with E-state index in [1.165, 1.54) is 0 Å². The molecule has 5 heteroatoms. The van der Waals surface area contributed by atoms with Crippen LogP contribution in [0.5, 0.6) is 0 Å². The van der Waals surface area contributed by atoms with Crippen molar-refractivity contribution in [2.75, 3.05) is 18.4 Å². The average molecular weight is 266 g/mol. The van der Waals surface area contributed by atoms with Crippen LogP contribution in [0.2, 0.25) is 0 Å². The Bertz CT molecular complexity index is 429. The van der Waals surface area contributed by atoms with Crippen molar-refractivity contribution in [3.8, 4) is 0 Å². The van der Waals surface area contributed by atoms with Crippen LogP contribution >= 0.6 is 0 Å². The first-order valence-corrected chi connectivity index (χ1v) is 6.75. The van der Waals surface area contributed by atoms with E-state index in [1.807, 2.05) is 13.1 Å². The standard InChI is InChI=1S/C14H26N4O/c1-10(2)8-15-9-13(19)16-12-7-11(14(3,4)5)17-18(12)6/h7,10,15H,8-9H2,1-6H3,(H,16,19). The monoisotopic (exact) mass is 266 g/mol.